The Hall–Kier alpha value is -2.77. The largest absolute Gasteiger partial charge is 0.394 e. The zero-order valence-corrected chi connectivity index (χ0v) is 16.0. The maximum absolute atomic E-state index is 12.4. The number of carbonyl (C=O) groups excluding carboxylic acids is 2. The Morgan fingerprint density at radius 1 is 1.32 bits per heavy atom. The lowest BCUT2D eigenvalue weighted by Gasteiger charge is -2.40. The number of hydrogen-bond acceptors (Lipinski definition) is 5. The Kier molecular flexibility index (Phi) is 6.38. The SMILES string of the molecule is CC(C)C(=O)Nc1ccc([C@H]2OCC(=O)N(Cc3cccnc3)[C@@H]2CO)cc1. The van der Waals surface area contributed by atoms with E-state index < -0.39 is 12.1 Å². The quantitative estimate of drug-likeness (QED) is 0.797. The number of hydrogen-bond donors (Lipinski definition) is 2. The zero-order chi connectivity index (χ0) is 20.1. The van der Waals surface area contributed by atoms with Gasteiger partial charge < -0.3 is 20.1 Å². The van der Waals surface area contributed by atoms with Crippen LogP contribution < -0.4 is 5.32 Å². The van der Waals surface area contributed by atoms with Crippen LogP contribution in [0.3, 0.4) is 0 Å². The third kappa shape index (κ3) is 4.55. The number of pyridine rings is 1. The fourth-order valence-electron chi connectivity index (χ4n) is 3.15. The van der Waals surface area contributed by atoms with Crippen molar-refractivity contribution in [1.82, 2.24) is 9.88 Å². The van der Waals surface area contributed by atoms with Gasteiger partial charge in [-0.25, -0.2) is 0 Å². The van der Waals surface area contributed by atoms with Crippen LogP contribution in [0.1, 0.15) is 31.1 Å². The number of nitrogens with zero attached hydrogens (tertiary/aromatic N) is 2. The summed E-state index contributed by atoms with van der Waals surface area (Å²) in [5, 5.41) is 12.8. The van der Waals surface area contributed by atoms with E-state index in [2.05, 4.69) is 10.3 Å². The van der Waals surface area contributed by atoms with Gasteiger partial charge in [-0.05, 0) is 29.3 Å². The Morgan fingerprint density at radius 2 is 2.07 bits per heavy atom. The average molecular weight is 383 g/mol. The number of carbonyl (C=O) groups is 2. The number of nitrogens with one attached hydrogen (secondary N) is 1. The van der Waals surface area contributed by atoms with E-state index in [0.29, 0.717) is 12.2 Å². The topological polar surface area (TPSA) is 91.8 Å². The first-order valence-corrected chi connectivity index (χ1v) is 9.31. The number of rotatable bonds is 6. The van der Waals surface area contributed by atoms with Crippen molar-refractivity contribution < 1.29 is 19.4 Å². The Bertz CT molecular complexity index is 808. The number of morpholine rings is 1. The second kappa shape index (κ2) is 8.95. The Balaban J connectivity index is 1.77. The van der Waals surface area contributed by atoms with Gasteiger partial charge in [-0.3, -0.25) is 14.6 Å². The molecule has 2 aromatic rings. The highest BCUT2D eigenvalue weighted by molar-refractivity contribution is 5.92. The third-order valence-electron chi connectivity index (χ3n) is 4.75. The molecular formula is C21H25N3O4. The van der Waals surface area contributed by atoms with Crippen molar-refractivity contribution in [2.75, 3.05) is 18.5 Å². The molecule has 1 aromatic heterocycles. The van der Waals surface area contributed by atoms with Crippen molar-refractivity contribution in [3.8, 4) is 0 Å². The summed E-state index contributed by atoms with van der Waals surface area (Å²) in [6.07, 6.45) is 2.93. The van der Waals surface area contributed by atoms with Crippen LogP contribution in [0.4, 0.5) is 5.69 Å². The normalized spacial score (nSPS) is 19.7. The first-order valence-electron chi connectivity index (χ1n) is 9.31. The lowest BCUT2D eigenvalue weighted by Crippen LogP contribution is -2.52. The van der Waals surface area contributed by atoms with Gasteiger partial charge in [-0.1, -0.05) is 32.0 Å². The van der Waals surface area contributed by atoms with E-state index in [4.69, 9.17) is 4.74 Å². The van der Waals surface area contributed by atoms with E-state index in [1.54, 1.807) is 29.4 Å². The summed E-state index contributed by atoms with van der Waals surface area (Å²) in [7, 11) is 0. The van der Waals surface area contributed by atoms with Gasteiger partial charge in [0.1, 0.15) is 12.7 Å². The summed E-state index contributed by atoms with van der Waals surface area (Å²) >= 11 is 0. The molecular weight excluding hydrogens is 358 g/mol. The van der Waals surface area contributed by atoms with Crippen LogP contribution in [0.2, 0.25) is 0 Å². The van der Waals surface area contributed by atoms with Crippen LogP contribution in [0, 0.1) is 5.92 Å². The van der Waals surface area contributed by atoms with Gasteiger partial charge >= 0.3 is 0 Å². The summed E-state index contributed by atoms with van der Waals surface area (Å²) in [6.45, 7) is 3.76. The Morgan fingerprint density at radius 3 is 2.68 bits per heavy atom. The molecule has 3 rings (SSSR count). The number of benzene rings is 1. The molecule has 2 N–H and O–H groups in total. The first-order chi connectivity index (χ1) is 13.5. The summed E-state index contributed by atoms with van der Waals surface area (Å²) in [6, 6.07) is 10.5. The number of aromatic nitrogens is 1. The molecule has 7 heteroatoms. The van der Waals surface area contributed by atoms with Gasteiger partial charge in [0.05, 0.1) is 12.6 Å². The minimum absolute atomic E-state index is 0.0483. The van der Waals surface area contributed by atoms with E-state index >= 15 is 0 Å². The van der Waals surface area contributed by atoms with Crippen LogP contribution in [-0.4, -0.2) is 46.1 Å². The molecule has 2 atom stereocenters. The van der Waals surface area contributed by atoms with Gasteiger partial charge in [0.25, 0.3) is 0 Å². The van der Waals surface area contributed by atoms with Gasteiger partial charge in [-0.15, -0.1) is 0 Å². The number of aliphatic hydroxyl groups is 1. The van der Waals surface area contributed by atoms with E-state index in [1.807, 2.05) is 38.1 Å². The summed E-state index contributed by atoms with van der Waals surface area (Å²) in [4.78, 5) is 30.0. The molecule has 1 saturated heterocycles. The van der Waals surface area contributed by atoms with Crippen LogP contribution >= 0.6 is 0 Å². The molecule has 0 aliphatic carbocycles. The molecule has 0 bridgehead atoms. The van der Waals surface area contributed by atoms with Crippen LogP contribution in [0.25, 0.3) is 0 Å². The van der Waals surface area contributed by atoms with Crippen LogP contribution in [0.15, 0.2) is 48.8 Å². The second-order valence-corrected chi connectivity index (χ2v) is 7.13. The highest BCUT2D eigenvalue weighted by atomic mass is 16.5. The summed E-state index contributed by atoms with van der Waals surface area (Å²) in [5.41, 5.74) is 2.43. The first kappa shape index (κ1) is 20.0. The van der Waals surface area contributed by atoms with Gasteiger partial charge in [0.2, 0.25) is 11.8 Å². The summed E-state index contributed by atoms with van der Waals surface area (Å²) in [5.74, 6) is -0.324. The van der Waals surface area contributed by atoms with Crippen LogP contribution in [-0.2, 0) is 20.9 Å². The lowest BCUT2D eigenvalue weighted by molar-refractivity contribution is -0.162. The van der Waals surface area contributed by atoms with Crippen molar-refractivity contribution in [2.24, 2.45) is 5.92 Å². The molecule has 0 radical (unpaired) electrons. The number of aliphatic hydroxyl groups excluding tert-OH is 1. The molecule has 1 fully saturated rings. The minimum atomic E-state index is -0.502. The van der Waals surface area contributed by atoms with Gasteiger partial charge in [0, 0.05) is 30.5 Å². The van der Waals surface area contributed by atoms with E-state index in [1.165, 1.54) is 0 Å². The van der Waals surface area contributed by atoms with Crippen molar-refractivity contribution >= 4 is 17.5 Å². The molecule has 0 spiro atoms. The highest BCUT2D eigenvalue weighted by Gasteiger charge is 2.37. The van der Waals surface area contributed by atoms with Crippen molar-refractivity contribution in [1.29, 1.82) is 0 Å². The molecule has 2 heterocycles. The van der Waals surface area contributed by atoms with E-state index in [-0.39, 0.29) is 30.9 Å². The maximum atomic E-state index is 12.4. The predicted molar refractivity (Wildman–Crippen MR) is 104 cm³/mol. The smallest absolute Gasteiger partial charge is 0.249 e. The fraction of sp³-hybridized carbons (Fsp3) is 0.381. The van der Waals surface area contributed by atoms with Crippen molar-refractivity contribution in [3.05, 3.63) is 59.9 Å². The maximum Gasteiger partial charge on any atom is 0.249 e. The van der Waals surface area contributed by atoms with E-state index in [9.17, 15) is 14.7 Å². The van der Waals surface area contributed by atoms with Gasteiger partial charge in [-0.2, -0.15) is 0 Å². The van der Waals surface area contributed by atoms with Crippen LogP contribution in [0.5, 0.6) is 0 Å². The zero-order valence-electron chi connectivity index (χ0n) is 16.0. The molecule has 28 heavy (non-hydrogen) atoms. The molecule has 1 aliphatic heterocycles. The summed E-state index contributed by atoms with van der Waals surface area (Å²) < 4.78 is 5.75. The molecule has 0 unspecified atom stereocenters. The fourth-order valence-corrected chi connectivity index (χ4v) is 3.15. The number of anilines is 1. The standard InChI is InChI=1S/C21H25N3O4/c1-14(2)21(27)23-17-7-5-16(6-8-17)20-18(12-25)24(19(26)13-28-20)11-15-4-3-9-22-10-15/h3-10,14,18,20,25H,11-13H2,1-2H3,(H,23,27)/t18-,20-/m1/s1. The number of amides is 2. The predicted octanol–water partition coefficient (Wildman–Crippen LogP) is 2.14. The average Bonchev–Trinajstić information content (AvgIpc) is 2.70. The van der Waals surface area contributed by atoms with Crippen molar-refractivity contribution in [2.45, 2.75) is 32.5 Å². The molecule has 7 nitrogen and oxygen atoms in total. The van der Waals surface area contributed by atoms with Crippen molar-refractivity contribution in [3.63, 3.8) is 0 Å². The Labute approximate surface area is 164 Å². The lowest BCUT2D eigenvalue weighted by atomic mass is 9.98. The molecule has 0 saturated carbocycles. The monoisotopic (exact) mass is 383 g/mol. The molecule has 1 aromatic carbocycles. The number of ether oxygens (including phenoxy) is 1. The molecule has 148 valence electrons. The van der Waals surface area contributed by atoms with Gasteiger partial charge in [0.15, 0.2) is 0 Å². The van der Waals surface area contributed by atoms with E-state index in [0.717, 1.165) is 11.1 Å². The molecule has 2 amide bonds. The minimum Gasteiger partial charge on any atom is -0.394 e. The highest BCUT2D eigenvalue weighted by Crippen LogP contribution is 2.30. The third-order valence-corrected chi connectivity index (χ3v) is 4.75. The molecule has 1 aliphatic rings. The second-order valence-electron chi connectivity index (χ2n) is 7.13.